The first-order valence-corrected chi connectivity index (χ1v) is 10.3. The number of carbonyl (C=O) groups excluding carboxylic acids is 1. The number of amides is 1. The van der Waals surface area contributed by atoms with E-state index in [1.165, 1.54) is 18.3 Å². The molecule has 1 heterocycles. The SMILES string of the molecule is Cc1cccc(Oc2ccc(C(=O)NS(=O)(=O)c3ccc(C(C)(F)F)cc3)nc2)c1. The standard InChI is InChI=1S/C21H18F2N2O4S/c1-14-4-3-5-16(12-14)29-17-8-11-19(24-13-17)20(26)25-30(27,28)18-9-6-15(7-10-18)21(2,22)23/h3-13H,1-2H3,(H,25,26). The smallest absolute Gasteiger partial charge is 0.283 e. The van der Waals surface area contributed by atoms with Crippen LogP contribution in [0.2, 0.25) is 0 Å². The lowest BCUT2D eigenvalue weighted by Crippen LogP contribution is -2.31. The Morgan fingerprint density at radius 1 is 1.03 bits per heavy atom. The molecule has 9 heteroatoms. The maximum absolute atomic E-state index is 13.3. The summed E-state index contributed by atoms with van der Waals surface area (Å²) in [6.07, 6.45) is 1.29. The van der Waals surface area contributed by atoms with Gasteiger partial charge in [0.2, 0.25) is 0 Å². The normalized spacial score (nSPS) is 11.7. The number of hydrogen-bond donors (Lipinski definition) is 1. The molecule has 6 nitrogen and oxygen atoms in total. The average Bonchev–Trinajstić information content (AvgIpc) is 2.68. The van der Waals surface area contributed by atoms with Gasteiger partial charge in [0.05, 0.1) is 11.1 Å². The summed E-state index contributed by atoms with van der Waals surface area (Å²) in [5.74, 6) is -3.09. The first kappa shape index (κ1) is 21.4. The van der Waals surface area contributed by atoms with E-state index in [1.807, 2.05) is 29.8 Å². The topological polar surface area (TPSA) is 85.4 Å². The Hall–Kier alpha value is -3.33. The minimum absolute atomic E-state index is 0.146. The number of halogens is 2. The van der Waals surface area contributed by atoms with Gasteiger partial charge in [-0.2, -0.15) is 0 Å². The van der Waals surface area contributed by atoms with Crippen LogP contribution in [-0.4, -0.2) is 19.3 Å². The van der Waals surface area contributed by atoms with Crippen molar-refractivity contribution in [2.75, 3.05) is 0 Å². The second-order valence-electron chi connectivity index (χ2n) is 6.65. The Morgan fingerprint density at radius 2 is 1.73 bits per heavy atom. The first-order valence-electron chi connectivity index (χ1n) is 8.81. The minimum atomic E-state index is -4.25. The van der Waals surface area contributed by atoms with Crippen molar-refractivity contribution in [2.24, 2.45) is 0 Å². The van der Waals surface area contributed by atoms with Gasteiger partial charge in [-0.3, -0.25) is 4.79 Å². The van der Waals surface area contributed by atoms with Gasteiger partial charge in [0, 0.05) is 12.5 Å². The van der Waals surface area contributed by atoms with Crippen LogP contribution in [0.1, 0.15) is 28.5 Å². The largest absolute Gasteiger partial charge is 0.456 e. The lowest BCUT2D eigenvalue weighted by atomic mass is 10.1. The molecule has 0 saturated heterocycles. The van der Waals surface area contributed by atoms with Crippen LogP contribution < -0.4 is 9.46 Å². The third-order valence-corrected chi connectivity index (χ3v) is 5.44. The zero-order valence-corrected chi connectivity index (χ0v) is 16.9. The Kier molecular flexibility index (Phi) is 5.84. The molecule has 0 bridgehead atoms. The number of rotatable bonds is 6. The Balaban J connectivity index is 1.70. The average molecular weight is 432 g/mol. The van der Waals surface area contributed by atoms with Gasteiger partial charge >= 0.3 is 0 Å². The number of aromatic nitrogens is 1. The van der Waals surface area contributed by atoms with Gasteiger partial charge < -0.3 is 4.74 Å². The number of carbonyl (C=O) groups is 1. The van der Waals surface area contributed by atoms with E-state index >= 15 is 0 Å². The summed E-state index contributed by atoms with van der Waals surface area (Å²) in [4.78, 5) is 15.9. The molecule has 1 aromatic heterocycles. The second kappa shape index (κ2) is 8.19. The minimum Gasteiger partial charge on any atom is -0.456 e. The number of aryl methyl sites for hydroxylation is 1. The van der Waals surface area contributed by atoms with Crippen molar-refractivity contribution in [3.05, 3.63) is 83.7 Å². The van der Waals surface area contributed by atoms with Gasteiger partial charge in [0.1, 0.15) is 17.2 Å². The van der Waals surface area contributed by atoms with Crippen LogP contribution in [0.5, 0.6) is 11.5 Å². The van der Waals surface area contributed by atoms with Crippen molar-refractivity contribution >= 4 is 15.9 Å². The van der Waals surface area contributed by atoms with Crippen molar-refractivity contribution in [3.8, 4) is 11.5 Å². The lowest BCUT2D eigenvalue weighted by molar-refractivity contribution is 0.0174. The first-order chi connectivity index (χ1) is 14.0. The van der Waals surface area contributed by atoms with Crippen molar-refractivity contribution in [3.63, 3.8) is 0 Å². The van der Waals surface area contributed by atoms with Crippen LogP contribution >= 0.6 is 0 Å². The highest BCUT2D eigenvalue weighted by atomic mass is 32.2. The molecule has 3 aromatic rings. The summed E-state index contributed by atoms with van der Waals surface area (Å²) >= 11 is 0. The molecule has 0 fully saturated rings. The van der Waals surface area contributed by atoms with E-state index in [9.17, 15) is 22.0 Å². The number of hydrogen-bond acceptors (Lipinski definition) is 5. The summed E-state index contributed by atoms with van der Waals surface area (Å²) in [6.45, 7) is 2.62. The van der Waals surface area contributed by atoms with Gasteiger partial charge in [-0.1, -0.05) is 24.3 Å². The fraction of sp³-hybridized carbons (Fsp3) is 0.143. The number of ether oxygens (including phenoxy) is 1. The highest BCUT2D eigenvalue weighted by Crippen LogP contribution is 2.27. The van der Waals surface area contributed by atoms with E-state index in [0.717, 1.165) is 29.8 Å². The molecule has 30 heavy (non-hydrogen) atoms. The second-order valence-corrected chi connectivity index (χ2v) is 8.33. The third kappa shape index (κ3) is 5.18. The predicted molar refractivity (Wildman–Crippen MR) is 106 cm³/mol. The quantitative estimate of drug-likeness (QED) is 0.624. The molecule has 156 valence electrons. The molecule has 0 atom stereocenters. The van der Waals surface area contributed by atoms with E-state index in [4.69, 9.17) is 4.74 Å². The van der Waals surface area contributed by atoms with Crippen LogP contribution in [0.25, 0.3) is 0 Å². The molecule has 0 aliphatic rings. The summed E-state index contributed by atoms with van der Waals surface area (Å²) in [7, 11) is -4.25. The van der Waals surface area contributed by atoms with Gasteiger partial charge in [0.15, 0.2) is 0 Å². The van der Waals surface area contributed by atoms with Crippen LogP contribution in [0.3, 0.4) is 0 Å². The number of benzene rings is 2. The maximum Gasteiger partial charge on any atom is 0.283 e. The van der Waals surface area contributed by atoms with E-state index in [0.29, 0.717) is 18.4 Å². The fourth-order valence-corrected chi connectivity index (χ4v) is 3.51. The monoisotopic (exact) mass is 432 g/mol. The Labute approximate surface area is 172 Å². The highest BCUT2D eigenvalue weighted by molar-refractivity contribution is 7.90. The number of pyridine rings is 1. The van der Waals surface area contributed by atoms with E-state index in [-0.39, 0.29) is 16.2 Å². The number of nitrogens with one attached hydrogen (secondary N) is 1. The molecule has 0 unspecified atom stereocenters. The van der Waals surface area contributed by atoms with E-state index < -0.39 is 21.9 Å². The summed E-state index contributed by atoms with van der Waals surface area (Å²) in [6, 6.07) is 14.1. The molecule has 3 rings (SSSR count). The molecule has 1 N–H and O–H groups in total. The van der Waals surface area contributed by atoms with Crippen LogP contribution in [0.15, 0.2) is 71.8 Å². The van der Waals surface area contributed by atoms with E-state index in [1.54, 1.807) is 6.07 Å². The molecule has 0 spiro atoms. The van der Waals surface area contributed by atoms with Crippen LogP contribution in [0, 0.1) is 6.92 Å². The molecular formula is C21H18F2N2O4S. The van der Waals surface area contributed by atoms with Gasteiger partial charge in [0.25, 0.3) is 21.9 Å². The van der Waals surface area contributed by atoms with Crippen molar-refractivity contribution in [1.82, 2.24) is 9.71 Å². The molecule has 0 radical (unpaired) electrons. The zero-order valence-electron chi connectivity index (χ0n) is 16.1. The molecule has 0 aliphatic carbocycles. The Bertz CT molecular complexity index is 1160. The Morgan fingerprint density at radius 3 is 2.30 bits per heavy atom. The van der Waals surface area contributed by atoms with Crippen molar-refractivity contribution in [1.29, 1.82) is 0 Å². The molecule has 1 amide bonds. The molecule has 2 aromatic carbocycles. The van der Waals surface area contributed by atoms with Gasteiger partial charge in [-0.25, -0.2) is 26.9 Å². The van der Waals surface area contributed by atoms with Crippen LogP contribution in [-0.2, 0) is 15.9 Å². The maximum atomic E-state index is 13.3. The highest BCUT2D eigenvalue weighted by Gasteiger charge is 2.25. The van der Waals surface area contributed by atoms with Crippen molar-refractivity contribution in [2.45, 2.75) is 24.7 Å². The van der Waals surface area contributed by atoms with Crippen LogP contribution in [0.4, 0.5) is 8.78 Å². The molecular weight excluding hydrogens is 414 g/mol. The van der Waals surface area contributed by atoms with Crippen molar-refractivity contribution < 1.29 is 26.7 Å². The summed E-state index contributed by atoms with van der Waals surface area (Å²) < 4.78 is 58.7. The lowest BCUT2D eigenvalue weighted by Gasteiger charge is -2.12. The predicted octanol–water partition coefficient (Wildman–Crippen LogP) is 4.41. The van der Waals surface area contributed by atoms with Gasteiger partial charge in [-0.15, -0.1) is 0 Å². The van der Waals surface area contributed by atoms with Gasteiger partial charge in [-0.05, 0) is 48.9 Å². The zero-order chi connectivity index (χ0) is 21.9. The molecule has 0 saturated carbocycles. The van der Waals surface area contributed by atoms with E-state index in [2.05, 4.69) is 4.98 Å². The summed E-state index contributed by atoms with van der Waals surface area (Å²) in [5.41, 5.74) is 0.530. The molecule has 0 aliphatic heterocycles. The fourth-order valence-electron chi connectivity index (χ4n) is 2.55. The summed E-state index contributed by atoms with van der Waals surface area (Å²) in [5, 5.41) is 0. The number of alkyl halides is 2. The number of sulfonamides is 1. The third-order valence-electron chi connectivity index (χ3n) is 4.09. The number of nitrogens with zero attached hydrogens (tertiary/aromatic N) is 1.